The summed E-state index contributed by atoms with van der Waals surface area (Å²) in [5.41, 5.74) is 6.09. The predicted molar refractivity (Wildman–Crippen MR) is 125 cm³/mol. The molecule has 0 saturated carbocycles. The molecule has 150 valence electrons. The van der Waals surface area contributed by atoms with Gasteiger partial charge in [-0.3, -0.25) is 9.97 Å². The fourth-order valence-electron chi connectivity index (χ4n) is 4.22. The maximum Gasteiger partial charge on any atom is 0.138 e. The molecule has 0 amide bonds. The van der Waals surface area contributed by atoms with Crippen molar-refractivity contribution in [3.63, 3.8) is 0 Å². The topological polar surface area (TPSA) is 57.7 Å². The van der Waals surface area contributed by atoms with Crippen molar-refractivity contribution in [2.24, 2.45) is 0 Å². The minimum atomic E-state index is 0.871. The molecular weight excluding hydrogens is 370 g/mol. The summed E-state index contributed by atoms with van der Waals surface area (Å²) in [4.78, 5) is 20.1. The van der Waals surface area contributed by atoms with Crippen molar-refractivity contribution in [3.8, 4) is 11.4 Å². The van der Waals surface area contributed by atoms with Gasteiger partial charge in [-0.1, -0.05) is 13.8 Å². The quantitative estimate of drug-likeness (QED) is 0.361. The molecule has 0 saturated heterocycles. The third-order valence-electron chi connectivity index (χ3n) is 5.56. The Morgan fingerprint density at radius 2 is 1.40 bits per heavy atom. The van der Waals surface area contributed by atoms with Gasteiger partial charge >= 0.3 is 0 Å². The van der Waals surface area contributed by atoms with Gasteiger partial charge in [0.1, 0.15) is 5.82 Å². The fraction of sp³-hybridized carbons (Fsp3) is 0.240. The molecule has 0 bridgehead atoms. The van der Waals surface area contributed by atoms with Crippen LogP contribution in [0.15, 0.2) is 60.9 Å². The second-order valence-electron chi connectivity index (χ2n) is 7.64. The Kier molecular flexibility index (Phi) is 4.79. The third-order valence-corrected chi connectivity index (χ3v) is 5.56. The molecule has 5 heteroatoms. The number of anilines is 1. The summed E-state index contributed by atoms with van der Waals surface area (Å²) >= 11 is 0. The summed E-state index contributed by atoms with van der Waals surface area (Å²) in [5, 5.41) is 2.07. The SMILES string of the molecule is CCCN(CCC)c1ccc(-c2nc3c4cccnc4c4ncccc4c3[nH]2)cc1. The number of rotatable bonds is 6. The van der Waals surface area contributed by atoms with E-state index in [1.54, 1.807) is 0 Å². The Bertz CT molecular complexity index is 1240. The normalized spacial score (nSPS) is 11.5. The summed E-state index contributed by atoms with van der Waals surface area (Å²) in [6.45, 7) is 6.61. The van der Waals surface area contributed by atoms with Crippen molar-refractivity contribution in [1.29, 1.82) is 0 Å². The highest BCUT2D eigenvalue weighted by atomic mass is 15.1. The molecule has 0 spiro atoms. The standard InChI is InChI=1S/C25H25N5/c1-3-15-30(16-4-2)18-11-9-17(10-12-18)25-28-23-19-7-5-13-26-21(19)22-20(24(23)29-25)8-6-14-27-22/h5-14H,3-4,15-16H2,1-2H3,(H,28,29). The number of imidazole rings is 1. The van der Waals surface area contributed by atoms with Gasteiger partial charge < -0.3 is 9.88 Å². The van der Waals surface area contributed by atoms with Gasteiger partial charge in [0.2, 0.25) is 0 Å². The molecule has 5 nitrogen and oxygen atoms in total. The second-order valence-corrected chi connectivity index (χ2v) is 7.64. The molecule has 0 unspecified atom stereocenters. The number of aromatic nitrogens is 4. The maximum absolute atomic E-state index is 4.97. The van der Waals surface area contributed by atoms with Gasteiger partial charge in [0.25, 0.3) is 0 Å². The number of nitrogens with one attached hydrogen (secondary N) is 1. The van der Waals surface area contributed by atoms with Crippen LogP contribution in [0.5, 0.6) is 0 Å². The fourth-order valence-corrected chi connectivity index (χ4v) is 4.22. The van der Waals surface area contributed by atoms with Gasteiger partial charge in [0, 0.05) is 47.5 Å². The van der Waals surface area contributed by atoms with Crippen LogP contribution >= 0.6 is 0 Å². The first-order valence-corrected chi connectivity index (χ1v) is 10.7. The number of nitrogens with zero attached hydrogens (tertiary/aromatic N) is 4. The highest BCUT2D eigenvalue weighted by molar-refractivity contribution is 6.21. The van der Waals surface area contributed by atoms with Gasteiger partial charge in [-0.25, -0.2) is 4.98 Å². The van der Waals surface area contributed by atoms with E-state index in [9.17, 15) is 0 Å². The summed E-state index contributed by atoms with van der Waals surface area (Å²) < 4.78 is 0. The molecule has 30 heavy (non-hydrogen) atoms. The molecule has 5 rings (SSSR count). The van der Waals surface area contributed by atoms with E-state index in [1.165, 1.54) is 5.69 Å². The zero-order valence-corrected chi connectivity index (χ0v) is 17.4. The largest absolute Gasteiger partial charge is 0.372 e. The van der Waals surface area contributed by atoms with Crippen LogP contribution < -0.4 is 4.90 Å². The molecule has 0 radical (unpaired) electrons. The monoisotopic (exact) mass is 395 g/mol. The molecule has 5 aromatic rings. The van der Waals surface area contributed by atoms with Crippen LogP contribution in [0.4, 0.5) is 5.69 Å². The molecule has 0 aliphatic rings. The Hall–Kier alpha value is -3.47. The van der Waals surface area contributed by atoms with Crippen molar-refractivity contribution < 1.29 is 0 Å². The molecule has 0 atom stereocenters. The van der Waals surface area contributed by atoms with E-state index in [1.807, 2.05) is 24.5 Å². The smallest absolute Gasteiger partial charge is 0.138 e. The van der Waals surface area contributed by atoms with Crippen molar-refractivity contribution in [1.82, 2.24) is 19.9 Å². The van der Waals surface area contributed by atoms with Gasteiger partial charge in [-0.15, -0.1) is 0 Å². The number of hydrogen-bond donors (Lipinski definition) is 1. The average molecular weight is 396 g/mol. The number of aromatic amines is 1. The van der Waals surface area contributed by atoms with Crippen LogP contribution in [0.1, 0.15) is 26.7 Å². The summed E-state index contributed by atoms with van der Waals surface area (Å²) in [7, 11) is 0. The minimum absolute atomic E-state index is 0.871. The van der Waals surface area contributed by atoms with Crippen LogP contribution in [-0.2, 0) is 0 Å². The van der Waals surface area contributed by atoms with Gasteiger partial charge in [-0.2, -0.15) is 0 Å². The van der Waals surface area contributed by atoms with Gasteiger partial charge in [0.15, 0.2) is 0 Å². The van der Waals surface area contributed by atoms with Crippen LogP contribution in [0.2, 0.25) is 0 Å². The molecule has 0 fully saturated rings. The summed E-state index contributed by atoms with van der Waals surface area (Å²) in [6.07, 6.45) is 5.92. The zero-order valence-electron chi connectivity index (χ0n) is 17.4. The van der Waals surface area contributed by atoms with Crippen LogP contribution in [0.25, 0.3) is 44.2 Å². The summed E-state index contributed by atoms with van der Waals surface area (Å²) in [5.74, 6) is 0.871. The first-order valence-electron chi connectivity index (χ1n) is 10.7. The van der Waals surface area contributed by atoms with Gasteiger partial charge in [0.05, 0.1) is 22.1 Å². The van der Waals surface area contributed by atoms with Crippen LogP contribution in [-0.4, -0.2) is 33.0 Å². The van der Waals surface area contributed by atoms with Crippen molar-refractivity contribution >= 4 is 38.5 Å². The molecule has 1 N–H and O–H groups in total. The summed E-state index contributed by atoms with van der Waals surface area (Å²) in [6, 6.07) is 16.8. The van der Waals surface area contributed by atoms with Gasteiger partial charge in [-0.05, 0) is 61.4 Å². The molecule has 2 aromatic carbocycles. The molecule has 3 aromatic heterocycles. The third kappa shape index (κ3) is 3.07. The van der Waals surface area contributed by atoms with E-state index >= 15 is 0 Å². The number of benzene rings is 2. The highest BCUT2D eigenvalue weighted by Crippen LogP contribution is 2.33. The Balaban J connectivity index is 1.64. The highest BCUT2D eigenvalue weighted by Gasteiger charge is 2.15. The number of hydrogen-bond acceptors (Lipinski definition) is 4. The number of H-pyrrole nitrogens is 1. The molecule has 3 heterocycles. The van der Waals surface area contributed by atoms with Crippen molar-refractivity contribution in [3.05, 3.63) is 60.9 Å². The lowest BCUT2D eigenvalue weighted by molar-refractivity contribution is 0.745. The number of pyridine rings is 2. The van der Waals surface area contributed by atoms with E-state index in [0.717, 1.165) is 70.2 Å². The Morgan fingerprint density at radius 1 is 0.767 bits per heavy atom. The minimum Gasteiger partial charge on any atom is -0.372 e. The van der Waals surface area contributed by atoms with E-state index in [2.05, 4.69) is 70.1 Å². The molecule has 0 aliphatic carbocycles. The average Bonchev–Trinajstić information content (AvgIpc) is 3.25. The first kappa shape index (κ1) is 18.6. The van der Waals surface area contributed by atoms with Crippen molar-refractivity contribution in [2.75, 3.05) is 18.0 Å². The van der Waals surface area contributed by atoms with E-state index in [-0.39, 0.29) is 0 Å². The molecule has 0 aliphatic heterocycles. The predicted octanol–water partition coefficient (Wildman–Crippen LogP) is 5.95. The van der Waals surface area contributed by atoms with Crippen molar-refractivity contribution in [2.45, 2.75) is 26.7 Å². The Labute approximate surface area is 175 Å². The molecular formula is C25H25N5. The van der Waals surface area contributed by atoms with E-state index < -0.39 is 0 Å². The van der Waals surface area contributed by atoms with Crippen LogP contribution in [0.3, 0.4) is 0 Å². The lowest BCUT2D eigenvalue weighted by atomic mass is 10.1. The van der Waals surface area contributed by atoms with Crippen LogP contribution in [0, 0.1) is 0 Å². The second kappa shape index (κ2) is 7.75. The number of fused-ring (bicyclic) bond motifs is 6. The van der Waals surface area contributed by atoms with E-state index in [0.29, 0.717) is 0 Å². The zero-order chi connectivity index (χ0) is 20.5. The van der Waals surface area contributed by atoms with E-state index in [4.69, 9.17) is 4.98 Å². The first-order chi connectivity index (χ1) is 14.8. The Morgan fingerprint density at radius 3 is 2.07 bits per heavy atom. The lowest BCUT2D eigenvalue weighted by Gasteiger charge is -2.23. The maximum atomic E-state index is 4.97. The lowest BCUT2D eigenvalue weighted by Crippen LogP contribution is -2.24.